The molecule has 0 radical (unpaired) electrons. The summed E-state index contributed by atoms with van der Waals surface area (Å²) in [6, 6.07) is 16.8. The van der Waals surface area contributed by atoms with Gasteiger partial charge in [0.2, 0.25) is 0 Å². The predicted molar refractivity (Wildman–Crippen MR) is 141 cm³/mol. The van der Waals surface area contributed by atoms with Crippen LogP contribution in [-0.4, -0.2) is 24.3 Å². The molecule has 2 aromatic carbocycles. The second kappa shape index (κ2) is 13.6. The summed E-state index contributed by atoms with van der Waals surface area (Å²) >= 11 is 0. The molecule has 3 rings (SSSR count). The molecule has 3 heteroatoms. The molecule has 3 aromatic rings. The quantitative estimate of drug-likeness (QED) is 0.186. The molecule has 0 aliphatic heterocycles. The zero-order valence-electron chi connectivity index (χ0n) is 20.1. The third-order valence-corrected chi connectivity index (χ3v) is 5.71. The van der Waals surface area contributed by atoms with E-state index in [9.17, 15) is 0 Å². The van der Waals surface area contributed by atoms with Crippen LogP contribution >= 0.6 is 0 Å². The predicted octanol–water partition coefficient (Wildman–Crippen LogP) is 8.25. The zero-order valence-corrected chi connectivity index (χ0v) is 20.1. The van der Waals surface area contributed by atoms with Gasteiger partial charge in [0.25, 0.3) is 0 Å². The fraction of sp³-hybridized carbons (Fsp3) is 0.367. The Kier molecular flexibility index (Phi) is 10.2. The second-order valence-electron chi connectivity index (χ2n) is 8.52. The summed E-state index contributed by atoms with van der Waals surface area (Å²) in [7, 11) is 0. The van der Waals surface area contributed by atoms with Gasteiger partial charge in [0.05, 0.1) is 11.8 Å². The van der Waals surface area contributed by atoms with Crippen molar-refractivity contribution < 1.29 is 9.47 Å². The summed E-state index contributed by atoms with van der Waals surface area (Å²) in [4.78, 5) is 4.66. The van der Waals surface area contributed by atoms with E-state index in [0.29, 0.717) is 12.7 Å². The number of benzene rings is 2. The van der Waals surface area contributed by atoms with Gasteiger partial charge in [0.15, 0.2) is 0 Å². The molecule has 0 saturated heterocycles. The van der Waals surface area contributed by atoms with E-state index in [1.165, 1.54) is 24.8 Å². The topological polar surface area (TPSA) is 31.4 Å². The number of fused-ring (bicyclic) bond motifs is 1. The van der Waals surface area contributed by atoms with E-state index in [1.54, 1.807) is 6.08 Å². The fourth-order valence-corrected chi connectivity index (χ4v) is 3.75. The van der Waals surface area contributed by atoms with Crippen molar-refractivity contribution in [3.05, 3.63) is 79.0 Å². The van der Waals surface area contributed by atoms with Crippen molar-refractivity contribution in [3.63, 3.8) is 0 Å². The molecule has 0 aliphatic rings. The second-order valence-corrected chi connectivity index (χ2v) is 8.52. The van der Waals surface area contributed by atoms with Crippen molar-refractivity contribution in [3.8, 4) is 17.0 Å². The zero-order chi connectivity index (χ0) is 23.3. The van der Waals surface area contributed by atoms with Crippen LogP contribution in [-0.2, 0) is 4.74 Å². The molecule has 0 N–H and O–H groups in total. The van der Waals surface area contributed by atoms with Crippen LogP contribution in [0, 0.1) is 0 Å². The highest BCUT2D eigenvalue weighted by molar-refractivity contribution is 5.86. The molecule has 174 valence electrons. The van der Waals surface area contributed by atoms with Gasteiger partial charge in [0, 0.05) is 23.8 Å². The highest BCUT2D eigenvalue weighted by atomic mass is 16.5. The average Bonchev–Trinajstić information content (AvgIpc) is 2.85. The Bertz CT molecular complexity index is 1020. The molecular formula is C30H37NO2. The van der Waals surface area contributed by atoms with E-state index >= 15 is 0 Å². The van der Waals surface area contributed by atoms with Crippen molar-refractivity contribution in [1.29, 1.82) is 0 Å². The van der Waals surface area contributed by atoms with Gasteiger partial charge < -0.3 is 9.47 Å². The van der Waals surface area contributed by atoms with Crippen molar-refractivity contribution in [2.24, 2.45) is 0 Å². The first kappa shape index (κ1) is 24.7. The molecule has 0 spiro atoms. The Morgan fingerprint density at radius 2 is 1.85 bits per heavy atom. The summed E-state index contributed by atoms with van der Waals surface area (Å²) < 4.78 is 11.5. The first-order valence-corrected chi connectivity index (χ1v) is 12.2. The highest BCUT2D eigenvalue weighted by Gasteiger charge is 2.04. The molecule has 33 heavy (non-hydrogen) atoms. The standard InChI is InChI=1S/C30H37NO2/c1-4-6-10-20-32-24(3)11-8-7-9-12-25-13-15-26(16-14-25)30-22-27-17-18-29(33-19-5-2)21-28(27)23-31-30/h5,9,12-18,21-24H,2,4,6-8,10-11,19-20H2,1,3H3/b12-9+. The van der Waals surface area contributed by atoms with E-state index in [0.717, 1.165) is 53.6 Å². The smallest absolute Gasteiger partial charge is 0.120 e. The monoisotopic (exact) mass is 443 g/mol. The number of ether oxygens (including phenoxy) is 2. The Morgan fingerprint density at radius 1 is 1.00 bits per heavy atom. The summed E-state index contributed by atoms with van der Waals surface area (Å²) in [5.41, 5.74) is 3.31. The third-order valence-electron chi connectivity index (χ3n) is 5.71. The Labute approximate surface area is 199 Å². The van der Waals surface area contributed by atoms with Crippen LogP contribution in [0.25, 0.3) is 28.1 Å². The molecule has 0 aliphatic carbocycles. The highest BCUT2D eigenvalue weighted by Crippen LogP contribution is 2.25. The van der Waals surface area contributed by atoms with E-state index in [-0.39, 0.29) is 0 Å². The van der Waals surface area contributed by atoms with Crippen LogP contribution in [0.4, 0.5) is 0 Å². The normalized spacial score (nSPS) is 12.3. The maximum absolute atomic E-state index is 5.87. The van der Waals surface area contributed by atoms with Gasteiger partial charge in [-0.3, -0.25) is 4.98 Å². The number of pyridine rings is 1. The molecule has 0 bridgehead atoms. The van der Waals surface area contributed by atoms with Gasteiger partial charge in [-0.2, -0.15) is 0 Å². The maximum Gasteiger partial charge on any atom is 0.120 e. The first-order chi connectivity index (χ1) is 16.2. The lowest BCUT2D eigenvalue weighted by Crippen LogP contribution is -2.08. The molecule has 0 fully saturated rings. The van der Waals surface area contributed by atoms with Crippen LogP contribution in [0.1, 0.15) is 57.9 Å². The average molecular weight is 444 g/mol. The molecule has 1 heterocycles. The number of allylic oxidation sites excluding steroid dienone is 1. The Balaban J connectivity index is 1.49. The Hall–Kier alpha value is -2.91. The molecule has 3 nitrogen and oxygen atoms in total. The van der Waals surface area contributed by atoms with E-state index in [1.807, 2.05) is 18.3 Å². The van der Waals surface area contributed by atoms with Gasteiger partial charge in [0.1, 0.15) is 12.4 Å². The van der Waals surface area contributed by atoms with Gasteiger partial charge >= 0.3 is 0 Å². The molecule has 1 atom stereocenters. The van der Waals surface area contributed by atoms with Gasteiger partial charge in [-0.1, -0.05) is 74.9 Å². The van der Waals surface area contributed by atoms with Gasteiger partial charge in [-0.25, -0.2) is 0 Å². The number of hydrogen-bond donors (Lipinski definition) is 0. The fourth-order valence-electron chi connectivity index (χ4n) is 3.75. The summed E-state index contributed by atoms with van der Waals surface area (Å²) in [5, 5.41) is 2.22. The molecular weight excluding hydrogens is 406 g/mol. The molecule has 0 saturated carbocycles. The number of unbranched alkanes of at least 4 members (excludes halogenated alkanes) is 3. The van der Waals surface area contributed by atoms with E-state index in [4.69, 9.17) is 9.47 Å². The van der Waals surface area contributed by atoms with Crippen LogP contribution in [0.5, 0.6) is 5.75 Å². The minimum absolute atomic E-state index is 0.357. The lowest BCUT2D eigenvalue weighted by atomic mass is 10.0. The van der Waals surface area contributed by atoms with E-state index in [2.05, 4.69) is 74.0 Å². The lowest BCUT2D eigenvalue weighted by molar-refractivity contribution is 0.0566. The number of rotatable bonds is 14. The van der Waals surface area contributed by atoms with Crippen molar-refractivity contribution in [2.75, 3.05) is 13.2 Å². The SMILES string of the molecule is C=CCOc1ccc2cc(-c3ccc(/C=C/CCCC(C)OCCCCC)cc3)ncc2c1. The molecule has 0 amide bonds. The minimum atomic E-state index is 0.357. The third kappa shape index (κ3) is 8.18. The minimum Gasteiger partial charge on any atom is -0.490 e. The summed E-state index contributed by atoms with van der Waals surface area (Å²) in [5.74, 6) is 0.835. The van der Waals surface area contributed by atoms with Crippen molar-refractivity contribution in [1.82, 2.24) is 4.98 Å². The van der Waals surface area contributed by atoms with Crippen LogP contribution in [0.2, 0.25) is 0 Å². The van der Waals surface area contributed by atoms with Crippen LogP contribution < -0.4 is 4.74 Å². The van der Waals surface area contributed by atoms with Crippen molar-refractivity contribution in [2.45, 2.75) is 58.5 Å². The summed E-state index contributed by atoms with van der Waals surface area (Å²) in [6.45, 7) is 9.50. The summed E-state index contributed by atoms with van der Waals surface area (Å²) in [6.07, 6.45) is 15.5. The molecule has 1 aromatic heterocycles. The lowest BCUT2D eigenvalue weighted by Gasteiger charge is -2.12. The first-order valence-electron chi connectivity index (χ1n) is 12.2. The van der Waals surface area contributed by atoms with E-state index < -0.39 is 0 Å². The maximum atomic E-state index is 5.87. The van der Waals surface area contributed by atoms with Crippen molar-refractivity contribution >= 4 is 16.8 Å². The Morgan fingerprint density at radius 3 is 2.64 bits per heavy atom. The number of hydrogen-bond acceptors (Lipinski definition) is 3. The molecule has 1 unspecified atom stereocenters. The number of nitrogens with zero attached hydrogens (tertiary/aromatic N) is 1. The van der Waals surface area contributed by atoms with Gasteiger partial charge in [-0.15, -0.1) is 0 Å². The van der Waals surface area contributed by atoms with Gasteiger partial charge in [-0.05, 0) is 61.8 Å². The van der Waals surface area contributed by atoms with Crippen LogP contribution in [0.3, 0.4) is 0 Å². The van der Waals surface area contributed by atoms with Crippen LogP contribution in [0.15, 0.2) is 73.5 Å². The largest absolute Gasteiger partial charge is 0.490 e. The number of aromatic nitrogens is 1.